The fraction of sp³-hybridized carbons (Fsp3) is 0.286. The molecule has 0 bridgehead atoms. The van der Waals surface area contributed by atoms with E-state index in [9.17, 15) is 4.79 Å². The third kappa shape index (κ3) is 2.91. The summed E-state index contributed by atoms with van der Waals surface area (Å²) in [6.45, 7) is 2.05. The first kappa shape index (κ1) is 14.3. The molecule has 2 rings (SSSR count). The number of benzene rings is 1. The summed E-state index contributed by atoms with van der Waals surface area (Å²) >= 11 is 1.57. The zero-order valence-electron chi connectivity index (χ0n) is 11.4. The number of thiazole rings is 1. The zero-order chi connectivity index (χ0) is 14.5. The van der Waals surface area contributed by atoms with Crippen LogP contribution >= 0.6 is 11.3 Å². The van der Waals surface area contributed by atoms with Gasteiger partial charge in [-0.2, -0.15) is 0 Å². The normalized spacial score (nSPS) is 11.9. The highest BCUT2D eigenvalue weighted by Crippen LogP contribution is 2.30. The van der Waals surface area contributed by atoms with Gasteiger partial charge in [0, 0.05) is 11.6 Å². The van der Waals surface area contributed by atoms with Crippen molar-refractivity contribution in [1.82, 2.24) is 4.98 Å². The minimum Gasteiger partial charge on any atom is -0.465 e. The van der Waals surface area contributed by atoms with E-state index in [4.69, 9.17) is 10.5 Å². The Hall–Kier alpha value is -2.08. The van der Waals surface area contributed by atoms with Gasteiger partial charge in [-0.1, -0.05) is 13.0 Å². The van der Waals surface area contributed by atoms with Crippen LogP contribution in [0.3, 0.4) is 0 Å². The van der Waals surface area contributed by atoms with Crippen molar-refractivity contribution in [2.75, 3.05) is 18.2 Å². The quantitative estimate of drug-likeness (QED) is 0.654. The van der Waals surface area contributed by atoms with E-state index in [1.807, 2.05) is 5.38 Å². The highest BCUT2D eigenvalue weighted by molar-refractivity contribution is 7.09. The van der Waals surface area contributed by atoms with E-state index in [0.717, 1.165) is 11.4 Å². The first-order valence-corrected chi connectivity index (χ1v) is 7.18. The third-order valence-corrected chi connectivity index (χ3v) is 3.87. The van der Waals surface area contributed by atoms with Crippen molar-refractivity contribution in [2.45, 2.75) is 19.4 Å². The average Bonchev–Trinajstić information content (AvgIpc) is 2.99. The third-order valence-electron chi connectivity index (χ3n) is 2.98. The highest BCUT2D eigenvalue weighted by atomic mass is 32.1. The summed E-state index contributed by atoms with van der Waals surface area (Å²) in [5, 5.41) is 6.20. The molecule has 0 spiro atoms. The molecule has 0 amide bonds. The molecule has 0 saturated carbocycles. The molecule has 1 atom stereocenters. The van der Waals surface area contributed by atoms with Gasteiger partial charge in [0.2, 0.25) is 0 Å². The summed E-state index contributed by atoms with van der Waals surface area (Å²) < 4.78 is 4.79. The molecule has 20 heavy (non-hydrogen) atoms. The van der Waals surface area contributed by atoms with Gasteiger partial charge in [-0.3, -0.25) is 0 Å². The van der Waals surface area contributed by atoms with E-state index in [0.29, 0.717) is 16.9 Å². The standard InChI is InChI=1S/C14H17N3O2S/c1-3-11(13-16-7-8-20-13)17-12-9(14(18)19-2)5-4-6-10(12)15/h4-8,11,17H,3,15H2,1-2H3. The lowest BCUT2D eigenvalue weighted by Crippen LogP contribution is -2.15. The van der Waals surface area contributed by atoms with Crippen LogP contribution in [-0.2, 0) is 4.74 Å². The van der Waals surface area contributed by atoms with Gasteiger partial charge in [0.05, 0.1) is 30.1 Å². The number of ether oxygens (including phenoxy) is 1. The molecule has 1 aromatic carbocycles. The van der Waals surface area contributed by atoms with Crippen LogP contribution < -0.4 is 11.1 Å². The Morgan fingerprint density at radius 1 is 1.55 bits per heavy atom. The highest BCUT2D eigenvalue weighted by Gasteiger charge is 2.19. The lowest BCUT2D eigenvalue weighted by atomic mass is 10.1. The summed E-state index contributed by atoms with van der Waals surface area (Å²) in [6, 6.07) is 5.20. The van der Waals surface area contributed by atoms with Gasteiger partial charge in [0.15, 0.2) is 0 Å². The predicted octanol–water partition coefficient (Wildman–Crippen LogP) is 3.08. The van der Waals surface area contributed by atoms with E-state index in [2.05, 4.69) is 17.2 Å². The second kappa shape index (κ2) is 6.38. The van der Waals surface area contributed by atoms with Crippen LogP contribution in [0.4, 0.5) is 11.4 Å². The number of nitrogens with two attached hydrogens (primary N) is 1. The molecule has 0 aliphatic rings. The van der Waals surface area contributed by atoms with Crippen LogP contribution in [0.25, 0.3) is 0 Å². The first-order valence-electron chi connectivity index (χ1n) is 6.30. The molecule has 3 N–H and O–H groups in total. The number of nitrogens with one attached hydrogen (secondary N) is 1. The van der Waals surface area contributed by atoms with E-state index in [-0.39, 0.29) is 6.04 Å². The van der Waals surface area contributed by atoms with Gasteiger partial charge < -0.3 is 15.8 Å². The monoisotopic (exact) mass is 291 g/mol. The van der Waals surface area contributed by atoms with Gasteiger partial charge >= 0.3 is 5.97 Å². The van der Waals surface area contributed by atoms with Crippen LogP contribution in [0.15, 0.2) is 29.8 Å². The van der Waals surface area contributed by atoms with Gasteiger partial charge in [-0.15, -0.1) is 11.3 Å². The SMILES string of the molecule is CCC(Nc1c(N)cccc1C(=O)OC)c1nccs1. The Kier molecular flexibility index (Phi) is 4.57. The van der Waals surface area contributed by atoms with Crippen LogP contribution in [-0.4, -0.2) is 18.1 Å². The van der Waals surface area contributed by atoms with Gasteiger partial charge in [0.1, 0.15) is 5.01 Å². The maximum absolute atomic E-state index is 11.8. The minimum absolute atomic E-state index is 0.0168. The number of carbonyl (C=O) groups is 1. The Balaban J connectivity index is 2.34. The Bertz CT molecular complexity index is 584. The van der Waals surface area contributed by atoms with Gasteiger partial charge in [-0.05, 0) is 18.6 Å². The molecule has 1 heterocycles. The van der Waals surface area contributed by atoms with Crippen molar-refractivity contribution in [3.05, 3.63) is 40.3 Å². The number of nitrogen functional groups attached to an aromatic ring is 1. The first-order chi connectivity index (χ1) is 9.67. The maximum Gasteiger partial charge on any atom is 0.340 e. The molecule has 5 nitrogen and oxygen atoms in total. The van der Waals surface area contributed by atoms with E-state index in [1.165, 1.54) is 7.11 Å². The fourth-order valence-corrected chi connectivity index (χ4v) is 2.70. The molecule has 1 unspecified atom stereocenters. The van der Waals surface area contributed by atoms with Crippen LogP contribution in [0.1, 0.15) is 34.8 Å². The molecule has 0 aliphatic carbocycles. The number of para-hydroxylation sites is 1. The van der Waals surface area contributed by atoms with Gasteiger partial charge in [-0.25, -0.2) is 9.78 Å². The summed E-state index contributed by atoms with van der Waals surface area (Å²) in [5.74, 6) is -0.409. The number of nitrogens with zero attached hydrogens (tertiary/aromatic N) is 1. The largest absolute Gasteiger partial charge is 0.465 e. The second-order valence-corrected chi connectivity index (χ2v) is 5.16. The molecule has 0 radical (unpaired) electrons. The number of hydrogen-bond donors (Lipinski definition) is 2. The average molecular weight is 291 g/mol. The predicted molar refractivity (Wildman–Crippen MR) is 81.0 cm³/mol. The summed E-state index contributed by atoms with van der Waals surface area (Å²) in [6.07, 6.45) is 2.60. The fourth-order valence-electron chi connectivity index (χ4n) is 1.93. The van der Waals surface area contributed by atoms with Crippen molar-refractivity contribution in [3.8, 4) is 0 Å². The van der Waals surface area contributed by atoms with Gasteiger partial charge in [0.25, 0.3) is 0 Å². The molecule has 2 aromatic rings. The van der Waals surface area contributed by atoms with E-state index < -0.39 is 5.97 Å². The molecule has 0 saturated heterocycles. The summed E-state index contributed by atoms with van der Waals surface area (Å²) in [5.41, 5.74) is 7.53. The summed E-state index contributed by atoms with van der Waals surface area (Å²) in [4.78, 5) is 16.1. The van der Waals surface area contributed by atoms with Crippen molar-refractivity contribution in [1.29, 1.82) is 0 Å². The Labute approximate surface area is 121 Å². The smallest absolute Gasteiger partial charge is 0.340 e. The van der Waals surface area contributed by atoms with E-state index in [1.54, 1.807) is 35.7 Å². The Morgan fingerprint density at radius 2 is 2.35 bits per heavy atom. The van der Waals surface area contributed by atoms with Crippen LogP contribution in [0.2, 0.25) is 0 Å². The number of hydrogen-bond acceptors (Lipinski definition) is 6. The number of rotatable bonds is 5. The van der Waals surface area contributed by atoms with Crippen molar-refractivity contribution < 1.29 is 9.53 Å². The lowest BCUT2D eigenvalue weighted by Gasteiger charge is -2.19. The van der Waals surface area contributed by atoms with Crippen LogP contribution in [0.5, 0.6) is 0 Å². The topological polar surface area (TPSA) is 77.2 Å². The number of aromatic nitrogens is 1. The number of carbonyl (C=O) groups excluding carboxylic acids is 1. The molecule has 0 aliphatic heterocycles. The molecule has 1 aromatic heterocycles. The zero-order valence-corrected chi connectivity index (χ0v) is 12.2. The maximum atomic E-state index is 11.8. The summed E-state index contributed by atoms with van der Waals surface area (Å²) in [7, 11) is 1.35. The molecule has 6 heteroatoms. The van der Waals surface area contributed by atoms with Crippen molar-refractivity contribution >= 4 is 28.7 Å². The Morgan fingerprint density at radius 3 is 2.95 bits per heavy atom. The second-order valence-electron chi connectivity index (χ2n) is 4.24. The number of anilines is 2. The van der Waals surface area contributed by atoms with Crippen molar-refractivity contribution in [2.24, 2.45) is 0 Å². The van der Waals surface area contributed by atoms with E-state index >= 15 is 0 Å². The number of esters is 1. The lowest BCUT2D eigenvalue weighted by molar-refractivity contribution is 0.0602. The number of methoxy groups -OCH3 is 1. The minimum atomic E-state index is -0.409. The molecule has 0 fully saturated rings. The molecular weight excluding hydrogens is 274 g/mol. The van der Waals surface area contributed by atoms with Crippen LogP contribution in [0, 0.1) is 0 Å². The molecular formula is C14H17N3O2S. The van der Waals surface area contributed by atoms with Crippen molar-refractivity contribution in [3.63, 3.8) is 0 Å². The molecule has 106 valence electrons.